The number of amidine groups is 1. The van der Waals surface area contributed by atoms with E-state index in [0.717, 1.165) is 26.9 Å². The van der Waals surface area contributed by atoms with Crippen LogP contribution in [0.3, 0.4) is 0 Å². The molecule has 0 aliphatic carbocycles. The van der Waals surface area contributed by atoms with E-state index in [1.807, 2.05) is 80.6 Å². The van der Waals surface area contributed by atoms with E-state index >= 15 is 0 Å². The molecule has 0 saturated carbocycles. The number of aryl methyl sites for hydroxylation is 1. The summed E-state index contributed by atoms with van der Waals surface area (Å²) in [4.78, 5) is 17.6. The predicted molar refractivity (Wildman–Crippen MR) is 143 cm³/mol. The van der Waals surface area contributed by atoms with Gasteiger partial charge in [-0.3, -0.25) is 4.79 Å². The molecule has 1 amide bonds. The molecule has 1 N–H and O–H groups in total. The standard InChI is InChI=1S/C26H22BrClN2O3S/c1-3-32-22-13-18(12-21(27)24(22)33-15-17-6-8-19(28)9-7-17)14-23-25(31)30-26(34-23)29-20-10-4-16(2)5-11-20/h4-14H,3,15H2,1-2H3,(H,29,30,31)/b23-14-. The lowest BCUT2D eigenvalue weighted by molar-refractivity contribution is -0.115. The second-order valence-corrected chi connectivity index (χ2v) is 9.82. The fourth-order valence-corrected chi connectivity index (χ4v) is 4.72. The maximum Gasteiger partial charge on any atom is 0.264 e. The molecule has 0 unspecified atom stereocenters. The fraction of sp³-hybridized carbons (Fsp3) is 0.154. The van der Waals surface area contributed by atoms with Crippen molar-refractivity contribution in [1.29, 1.82) is 0 Å². The summed E-state index contributed by atoms with van der Waals surface area (Å²) >= 11 is 10.9. The van der Waals surface area contributed by atoms with E-state index in [9.17, 15) is 4.79 Å². The molecule has 1 saturated heterocycles. The van der Waals surface area contributed by atoms with Crippen molar-refractivity contribution in [3.8, 4) is 11.5 Å². The number of benzene rings is 3. The van der Waals surface area contributed by atoms with Gasteiger partial charge in [0.05, 0.1) is 21.7 Å². The Morgan fingerprint density at radius 2 is 1.82 bits per heavy atom. The van der Waals surface area contributed by atoms with Crippen LogP contribution < -0.4 is 14.8 Å². The largest absolute Gasteiger partial charge is 0.490 e. The zero-order valence-corrected chi connectivity index (χ0v) is 21.8. The van der Waals surface area contributed by atoms with Crippen molar-refractivity contribution in [3.05, 3.63) is 91.8 Å². The maximum absolute atomic E-state index is 12.5. The van der Waals surface area contributed by atoms with Crippen LogP contribution >= 0.6 is 39.3 Å². The smallest absolute Gasteiger partial charge is 0.264 e. The quantitative estimate of drug-likeness (QED) is 0.310. The Hall–Kier alpha value is -2.74. The first-order chi connectivity index (χ1) is 16.4. The summed E-state index contributed by atoms with van der Waals surface area (Å²) < 4.78 is 12.6. The number of hydrogen-bond donors (Lipinski definition) is 1. The summed E-state index contributed by atoms with van der Waals surface area (Å²) in [6.07, 6.45) is 1.81. The number of hydrogen-bond acceptors (Lipinski definition) is 5. The van der Waals surface area contributed by atoms with Crippen LogP contribution in [0.2, 0.25) is 5.02 Å². The highest BCUT2D eigenvalue weighted by Crippen LogP contribution is 2.39. The molecule has 0 bridgehead atoms. The number of carbonyl (C=O) groups excluding carboxylic acids is 1. The summed E-state index contributed by atoms with van der Waals surface area (Å²) in [5.41, 5.74) is 3.75. The van der Waals surface area contributed by atoms with Gasteiger partial charge in [0.2, 0.25) is 0 Å². The van der Waals surface area contributed by atoms with Crippen molar-refractivity contribution >= 4 is 62.1 Å². The third-order valence-corrected chi connectivity index (χ3v) is 6.59. The van der Waals surface area contributed by atoms with Gasteiger partial charge >= 0.3 is 0 Å². The van der Waals surface area contributed by atoms with E-state index < -0.39 is 0 Å². The molecule has 8 heteroatoms. The van der Waals surface area contributed by atoms with Crippen molar-refractivity contribution in [2.45, 2.75) is 20.5 Å². The summed E-state index contributed by atoms with van der Waals surface area (Å²) in [6.45, 7) is 4.78. The van der Waals surface area contributed by atoms with Crippen molar-refractivity contribution in [2.24, 2.45) is 4.99 Å². The van der Waals surface area contributed by atoms with Crippen LogP contribution in [0.15, 0.2) is 75.0 Å². The molecule has 0 radical (unpaired) electrons. The van der Waals surface area contributed by atoms with Gasteiger partial charge in [0, 0.05) is 5.02 Å². The zero-order chi connectivity index (χ0) is 24.1. The lowest BCUT2D eigenvalue weighted by Crippen LogP contribution is -2.19. The van der Waals surface area contributed by atoms with Gasteiger partial charge in [-0.05, 0) is 95.1 Å². The Morgan fingerprint density at radius 1 is 1.09 bits per heavy atom. The summed E-state index contributed by atoms with van der Waals surface area (Å²) in [5, 5.41) is 4.05. The first-order valence-corrected chi connectivity index (χ1v) is 12.6. The molecular weight excluding hydrogens is 536 g/mol. The minimum Gasteiger partial charge on any atom is -0.490 e. The van der Waals surface area contributed by atoms with E-state index in [1.165, 1.54) is 11.8 Å². The normalized spacial score (nSPS) is 15.6. The highest BCUT2D eigenvalue weighted by atomic mass is 79.9. The van der Waals surface area contributed by atoms with Crippen molar-refractivity contribution in [2.75, 3.05) is 6.61 Å². The minimum absolute atomic E-state index is 0.187. The van der Waals surface area contributed by atoms with Crippen LogP contribution in [0.1, 0.15) is 23.6 Å². The van der Waals surface area contributed by atoms with E-state index in [0.29, 0.717) is 39.8 Å². The van der Waals surface area contributed by atoms with E-state index in [1.54, 1.807) is 0 Å². The van der Waals surface area contributed by atoms with Gasteiger partial charge in [-0.15, -0.1) is 0 Å². The lowest BCUT2D eigenvalue weighted by atomic mass is 10.1. The monoisotopic (exact) mass is 556 g/mol. The second-order valence-electron chi connectivity index (χ2n) is 7.50. The lowest BCUT2D eigenvalue weighted by Gasteiger charge is -2.15. The van der Waals surface area contributed by atoms with Gasteiger partial charge in [0.25, 0.3) is 5.91 Å². The Bertz CT molecular complexity index is 1260. The molecular formula is C26H22BrClN2O3S. The molecule has 0 spiro atoms. The van der Waals surface area contributed by atoms with Crippen LogP contribution in [0.25, 0.3) is 6.08 Å². The molecule has 5 nitrogen and oxygen atoms in total. The van der Waals surface area contributed by atoms with E-state index in [4.69, 9.17) is 21.1 Å². The highest BCUT2D eigenvalue weighted by Gasteiger charge is 2.24. The SMILES string of the molecule is CCOc1cc(/C=C2\SC(=Nc3ccc(C)cc3)NC2=O)cc(Br)c1OCc1ccc(Cl)cc1. The molecule has 1 aliphatic rings. The topological polar surface area (TPSA) is 59.9 Å². The summed E-state index contributed by atoms with van der Waals surface area (Å²) in [7, 11) is 0. The van der Waals surface area contributed by atoms with Crippen LogP contribution in [0.4, 0.5) is 5.69 Å². The molecule has 174 valence electrons. The van der Waals surface area contributed by atoms with Crippen molar-refractivity contribution in [1.82, 2.24) is 5.32 Å². The van der Waals surface area contributed by atoms with Gasteiger partial charge in [0.15, 0.2) is 16.7 Å². The molecule has 3 aromatic carbocycles. The number of halogens is 2. The predicted octanol–water partition coefficient (Wildman–Crippen LogP) is 7.28. The molecule has 1 fully saturated rings. The Kier molecular flexibility index (Phi) is 7.98. The molecule has 3 aromatic rings. The van der Waals surface area contributed by atoms with E-state index in [2.05, 4.69) is 26.2 Å². The van der Waals surface area contributed by atoms with Crippen LogP contribution in [0, 0.1) is 6.92 Å². The number of thioether (sulfide) groups is 1. The Balaban J connectivity index is 1.54. The summed E-state index contributed by atoms with van der Waals surface area (Å²) in [5.74, 6) is 1.01. The van der Waals surface area contributed by atoms with Crippen molar-refractivity contribution < 1.29 is 14.3 Å². The molecule has 0 atom stereocenters. The molecule has 0 aromatic heterocycles. The molecule has 4 rings (SSSR count). The summed E-state index contributed by atoms with van der Waals surface area (Å²) in [6, 6.07) is 19.1. The number of aliphatic imine (C=N–C) groups is 1. The van der Waals surface area contributed by atoms with Crippen LogP contribution in [0.5, 0.6) is 11.5 Å². The van der Waals surface area contributed by atoms with Crippen molar-refractivity contribution in [3.63, 3.8) is 0 Å². The number of rotatable bonds is 7. The van der Waals surface area contributed by atoms with Crippen LogP contribution in [-0.4, -0.2) is 17.7 Å². The number of ether oxygens (including phenoxy) is 2. The first-order valence-electron chi connectivity index (χ1n) is 10.6. The van der Waals surface area contributed by atoms with Gasteiger partial charge < -0.3 is 14.8 Å². The maximum atomic E-state index is 12.5. The number of nitrogens with one attached hydrogen (secondary N) is 1. The number of nitrogens with zero attached hydrogens (tertiary/aromatic N) is 1. The Labute approximate surface area is 216 Å². The van der Waals surface area contributed by atoms with Gasteiger partial charge in [-0.2, -0.15) is 0 Å². The van der Waals surface area contributed by atoms with Crippen LogP contribution in [-0.2, 0) is 11.4 Å². The van der Waals surface area contributed by atoms with Gasteiger partial charge in [-0.25, -0.2) is 4.99 Å². The molecule has 34 heavy (non-hydrogen) atoms. The molecule has 1 aliphatic heterocycles. The minimum atomic E-state index is -0.187. The molecule has 1 heterocycles. The van der Waals surface area contributed by atoms with E-state index in [-0.39, 0.29) is 5.91 Å². The number of carbonyl (C=O) groups is 1. The third-order valence-electron chi connectivity index (χ3n) is 4.84. The third kappa shape index (κ3) is 6.23. The zero-order valence-electron chi connectivity index (χ0n) is 18.6. The average molecular weight is 558 g/mol. The number of amides is 1. The fourth-order valence-electron chi connectivity index (χ4n) is 3.18. The average Bonchev–Trinajstić information content (AvgIpc) is 3.14. The highest BCUT2D eigenvalue weighted by molar-refractivity contribution is 9.10. The van der Waals surface area contributed by atoms with Gasteiger partial charge in [0.1, 0.15) is 6.61 Å². The first kappa shape index (κ1) is 24.4. The second kappa shape index (κ2) is 11.1. The Morgan fingerprint density at radius 3 is 2.53 bits per heavy atom. The van der Waals surface area contributed by atoms with Gasteiger partial charge in [-0.1, -0.05) is 41.4 Å².